The third-order valence-electron chi connectivity index (χ3n) is 4.47. The van der Waals surface area contributed by atoms with E-state index in [1.165, 1.54) is 11.3 Å². The van der Waals surface area contributed by atoms with Crippen molar-refractivity contribution >= 4 is 17.5 Å². The Balaban J connectivity index is 1.58. The molecule has 0 radical (unpaired) electrons. The zero-order valence-electron chi connectivity index (χ0n) is 15.0. The van der Waals surface area contributed by atoms with E-state index in [1.54, 1.807) is 10.9 Å². The van der Waals surface area contributed by atoms with Gasteiger partial charge in [0.05, 0.1) is 6.20 Å². The Morgan fingerprint density at radius 1 is 1.20 bits per heavy atom. The van der Waals surface area contributed by atoms with E-state index >= 15 is 0 Å². The van der Waals surface area contributed by atoms with Crippen molar-refractivity contribution in [2.45, 2.75) is 33.2 Å². The number of nitrogens with zero attached hydrogens (tertiary/aromatic N) is 5. The highest BCUT2D eigenvalue weighted by molar-refractivity contribution is 5.88. The lowest BCUT2D eigenvalue weighted by Crippen LogP contribution is -2.38. The molecule has 2 amide bonds. The zero-order valence-corrected chi connectivity index (χ0v) is 15.0. The van der Waals surface area contributed by atoms with Crippen molar-refractivity contribution < 1.29 is 4.79 Å². The smallest absolute Gasteiger partial charge is 0.323 e. The van der Waals surface area contributed by atoms with Crippen LogP contribution in [-0.2, 0) is 6.54 Å². The highest BCUT2D eigenvalue weighted by atomic mass is 16.2. The fourth-order valence-corrected chi connectivity index (χ4v) is 3.16. The zero-order chi connectivity index (χ0) is 17.6. The first-order valence-corrected chi connectivity index (χ1v) is 8.94. The molecule has 0 unspecified atom stereocenters. The monoisotopic (exact) mass is 342 g/mol. The molecule has 1 aliphatic rings. The number of aryl methyl sites for hydroxylation is 2. The number of nitrogens with one attached hydrogen (secondary N) is 1. The standard InChI is InChI=1S/C18H26N6O/c1-3-9-24-14-17(20-21-24)19-18(25)23-11-6-10-22(12-13-23)16-8-5-4-7-15(16)2/h4-5,7-8,14H,3,6,9-13H2,1-2H3,(H,19,25). The predicted molar refractivity (Wildman–Crippen MR) is 98.9 cm³/mol. The Morgan fingerprint density at radius 3 is 2.84 bits per heavy atom. The molecule has 1 aromatic carbocycles. The molecule has 0 aliphatic carbocycles. The second kappa shape index (κ2) is 8.00. The van der Waals surface area contributed by atoms with Gasteiger partial charge in [0.1, 0.15) is 0 Å². The maximum atomic E-state index is 12.5. The third-order valence-corrected chi connectivity index (χ3v) is 4.47. The minimum atomic E-state index is -0.102. The molecular weight excluding hydrogens is 316 g/mol. The van der Waals surface area contributed by atoms with Crippen molar-refractivity contribution in [3.05, 3.63) is 36.0 Å². The number of anilines is 2. The van der Waals surface area contributed by atoms with E-state index < -0.39 is 0 Å². The summed E-state index contributed by atoms with van der Waals surface area (Å²) in [4.78, 5) is 16.7. The lowest BCUT2D eigenvalue weighted by Gasteiger charge is -2.25. The molecule has 25 heavy (non-hydrogen) atoms. The Kier molecular flexibility index (Phi) is 5.53. The summed E-state index contributed by atoms with van der Waals surface area (Å²) in [7, 11) is 0. The van der Waals surface area contributed by atoms with Crippen molar-refractivity contribution in [2.75, 3.05) is 36.4 Å². The summed E-state index contributed by atoms with van der Waals surface area (Å²) in [6.45, 7) is 8.25. The molecule has 134 valence electrons. The number of benzene rings is 1. The lowest BCUT2D eigenvalue weighted by molar-refractivity contribution is 0.215. The van der Waals surface area contributed by atoms with Crippen LogP contribution in [-0.4, -0.2) is 52.1 Å². The van der Waals surface area contributed by atoms with Gasteiger partial charge in [-0.05, 0) is 31.4 Å². The highest BCUT2D eigenvalue weighted by Gasteiger charge is 2.20. The second-order valence-electron chi connectivity index (χ2n) is 6.41. The van der Waals surface area contributed by atoms with Gasteiger partial charge in [-0.25, -0.2) is 4.79 Å². The minimum Gasteiger partial charge on any atom is -0.369 e. The fraction of sp³-hybridized carbons (Fsp3) is 0.500. The number of hydrogen-bond donors (Lipinski definition) is 1. The van der Waals surface area contributed by atoms with Crippen molar-refractivity contribution in [3.8, 4) is 0 Å². The summed E-state index contributed by atoms with van der Waals surface area (Å²) in [5.41, 5.74) is 2.53. The average Bonchev–Trinajstić information content (AvgIpc) is 2.90. The quantitative estimate of drug-likeness (QED) is 0.928. The van der Waals surface area contributed by atoms with E-state index in [4.69, 9.17) is 0 Å². The molecular formula is C18H26N6O. The average molecular weight is 342 g/mol. The maximum Gasteiger partial charge on any atom is 0.323 e. The van der Waals surface area contributed by atoms with Crippen LogP contribution in [0.1, 0.15) is 25.3 Å². The summed E-state index contributed by atoms with van der Waals surface area (Å²) in [6, 6.07) is 8.30. The van der Waals surface area contributed by atoms with Crippen molar-refractivity contribution in [1.82, 2.24) is 19.9 Å². The Hall–Kier alpha value is -2.57. The molecule has 2 aromatic rings. The van der Waals surface area contributed by atoms with Gasteiger partial charge in [-0.2, -0.15) is 0 Å². The molecule has 1 N–H and O–H groups in total. The van der Waals surface area contributed by atoms with E-state index in [-0.39, 0.29) is 6.03 Å². The molecule has 1 fully saturated rings. The number of carbonyl (C=O) groups excluding carboxylic acids is 1. The summed E-state index contributed by atoms with van der Waals surface area (Å²) >= 11 is 0. The van der Waals surface area contributed by atoms with Gasteiger partial charge in [0.2, 0.25) is 0 Å². The SMILES string of the molecule is CCCn1cc(NC(=O)N2CCCN(c3ccccc3C)CC2)nn1. The van der Waals surface area contributed by atoms with E-state index in [0.717, 1.165) is 39.0 Å². The third kappa shape index (κ3) is 4.29. The van der Waals surface area contributed by atoms with Gasteiger partial charge in [0.15, 0.2) is 5.82 Å². The first-order chi connectivity index (χ1) is 12.2. The van der Waals surface area contributed by atoms with Crippen molar-refractivity contribution in [3.63, 3.8) is 0 Å². The van der Waals surface area contributed by atoms with Crippen LogP contribution in [0, 0.1) is 6.92 Å². The van der Waals surface area contributed by atoms with Crippen LogP contribution in [0.5, 0.6) is 0 Å². The highest BCUT2D eigenvalue weighted by Crippen LogP contribution is 2.21. The fourth-order valence-electron chi connectivity index (χ4n) is 3.16. The number of rotatable bonds is 4. The normalized spacial score (nSPS) is 15.1. The van der Waals surface area contributed by atoms with Crippen molar-refractivity contribution in [2.24, 2.45) is 0 Å². The maximum absolute atomic E-state index is 12.5. The minimum absolute atomic E-state index is 0.102. The largest absolute Gasteiger partial charge is 0.369 e. The second-order valence-corrected chi connectivity index (χ2v) is 6.41. The molecule has 0 saturated carbocycles. The Bertz CT molecular complexity index is 713. The first-order valence-electron chi connectivity index (χ1n) is 8.94. The molecule has 0 atom stereocenters. The Morgan fingerprint density at radius 2 is 2.04 bits per heavy atom. The topological polar surface area (TPSA) is 66.3 Å². The molecule has 0 bridgehead atoms. The van der Waals surface area contributed by atoms with Gasteiger partial charge in [-0.1, -0.05) is 30.3 Å². The summed E-state index contributed by atoms with van der Waals surface area (Å²) in [6.07, 6.45) is 3.71. The number of carbonyl (C=O) groups is 1. The summed E-state index contributed by atoms with van der Waals surface area (Å²) in [5.74, 6) is 0.512. The first kappa shape index (κ1) is 17.3. The van der Waals surface area contributed by atoms with E-state index in [1.807, 2.05) is 4.90 Å². The molecule has 1 saturated heterocycles. The summed E-state index contributed by atoms with van der Waals surface area (Å²) < 4.78 is 1.75. The van der Waals surface area contributed by atoms with Crippen LogP contribution >= 0.6 is 0 Å². The van der Waals surface area contributed by atoms with Crippen LogP contribution in [0.4, 0.5) is 16.3 Å². The van der Waals surface area contributed by atoms with Crippen LogP contribution in [0.15, 0.2) is 30.5 Å². The van der Waals surface area contributed by atoms with E-state index in [9.17, 15) is 4.79 Å². The van der Waals surface area contributed by atoms with E-state index in [2.05, 4.69) is 58.6 Å². The van der Waals surface area contributed by atoms with Gasteiger partial charge >= 0.3 is 6.03 Å². The van der Waals surface area contributed by atoms with Crippen LogP contribution < -0.4 is 10.2 Å². The number of amides is 2. The molecule has 7 nitrogen and oxygen atoms in total. The predicted octanol–water partition coefficient (Wildman–Crippen LogP) is 2.74. The van der Waals surface area contributed by atoms with E-state index in [0.29, 0.717) is 12.4 Å². The molecule has 7 heteroatoms. The van der Waals surface area contributed by atoms with Gasteiger partial charge in [0.25, 0.3) is 0 Å². The molecule has 0 spiro atoms. The molecule has 2 heterocycles. The number of para-hydroxylation sites is 1. The molecule has 3 rings (SSSR count). The molecule has 1 aliphatic heterocycles. The van der Waals surface area contributed by atoms with Gasteiger partial charge < -0.3 is 9.80 Å². The Labute approximate surface area is 148 Å². The molecule has 1 aromatic heterocycles. The van der Waals surface area contributed by atoms with Gasteiger partial charge in [-0.3, -0.25) is 10.00 Å². The van der Waals surface area contributed by atoms with Gasteiger partial charge in [-0.15, -0.1) is 5.10 Å². The van der Waals surface area contributed by atoms with Crippen molar-refractivity contribution in [1.29, 1.82) is 0 Å². The number of aromatic nitrogens is 3. The summed E-state index contributed by atoms with van der Waals surface area (Å²) in [5, 5.41) is 10.9. The number of urea groups is 1. The number of hydrogen-bond acceptors (Lipinski definition) is 4. The van der Waals surface area contributed by atoms with Crippen LogP contribution in [0.2, 0.25) is 0 Å². The van der Waals surface area contributed by atoms with Crippen LogP contribution in [0.25, 0.3) is 0 Å². The van der Waals surface area contributed by atoms with Crippen LogP contribution in [0.3, 0.4) is 0 Å². The van der Waals surface area contributed by atoms with Gasteiger partial charge in [0, 0.05) is 38.4 Å². The lowest BCUT2D eigenvalue weighted by atomic mass is 10.2.